The number of nitrogens with zero attached hydrogens (tertiary/aromatic N) is 1. The Morgan fingerprint density at radius 2 is 1.93 bits per heavy atom. The molecule has 0 aromatic heterocycles. The number of hydrogen-bond donors (Lipinski definition) is 0. The first-order chi connectivity index (χ1) is 13.1. The second-order valence-electron chi connectivity index (χ2n) is 5.79. The van der Waals surface area contributed by atoms with Crippen molar-refractivity contribution >= 4 is 51.6 Å². The molecule has 3 rings (SSSR count). The third-order valence-electron chi connectivity index (χ3n) is 3.88. The van der Waals surface area contributed by atoms with Crippen molar-refractivity contribution in [1.29, 1.82) is 0 Å². The highest BCUT2D eigenvalue weighted by Crippen LogP contribution is 2.33. The second kappa shape index (κ2) is 9.38. The fourth-order valence-corrected chi connectivity index (χ4v) is 4.05. The van der Waals surface area contributed by atoms with Crippen molar-refractivity contribution in [3.63, 3.8) is 0 Å². The summed E-state index contributed by atoms with van der Waals surface area (Å²) in [7, 11) is 1.54. The molecule has 0 radical (unpaired) electrons. The molecule has 1 saturated heterocycles. The van der Waals surface area contributed by atoms with Gasteiger partial charge in [-0.15, -0.1) is 0 Å². The van der Waals surface area contributed by atoms with Crippen molar-refractivity contribution in [2.45, 2.75) is 6.61 Å². The van der Waals surface area contributed by atoms with E-state index in [1.54, 1.807) is 6.08 Å². The van der Waals surface area contributed by atoms with Gasteiger partial charge < -0.3 is 9.47 Å². The number of halogens is 1. The van der Waals surface area contributed by atoms with Gasteiger partial charge >= 0.3 is 0 Å². The number of carbonyl (C=O) groups excluding carboxylic acids is 2. The first-order valence-corrected chi connectivity index (χ1v) is 10.2. The number of rotatable bonds is 7. The van der Waals surface area contributed by atoms with Gasteiger partial charge in [-0.25, -0.2) is 0 Å². The smallest absolute Gasteiger partial charge is 0.293 e. The molecule has 0 spiro atoms. The summed E-state index contributed by atoms with van der Waals surface area (Å²) in [4.78, 5) is 26.0. The van der Waals surface area contributed by atoms with Gasteiger partial charge in [0.15, 0.2) is 0 Å². The lowest BCUT2D eigenvalue weighted by Crippen LogP contribution is -2.31. The van der Waals surface area contributed by atoms with Gasteiger partial charge in [0.05, 0.1) is 21.6 Å². The molecule has 1 fully saturated rings. The normalized spacial score (nSPS) is 15.6. The molecular formula is C20H18INO4S. The van der Waals surface area contributed by atoms with Crippen LogP contribution in [-0.4, -0.2) is 36.3 Å². The monoisotopic (exact) mass is 495 g/mol. The zero-order valence-corrected chi connectivity index (χ0v) is 17.7. The minimum atomic E-state index is -0.276. The van der Waals surface area contributed by atoms with Crippen molar-refractivity contribution in [2.75, 3.05) is 20.3 Å². The predicted octanol–water partition coefficient (Wildman–Crippen LogP) is 4.55. The predicted molar refractivity (Wildman–Crippen MR) is 114 cm³/mol. The summed E-state index contributed by atoms with van der Waals surface area (Å²) >= 11 is 3.16. The third-order valence-corrected chi connectivity index (χ3v) is 5.63. The van der Waals surface area contributed by atoms with Crippen LogP contribution in [-0.2, 0) is 16.1 Å². The minimum Gasteiger partial charge on any atom is -0.488 e. The highest BCUT2D eigenvalue weighted by molar-refractivity contribution is 14.1. The summed E-state index contributed by atoms with van der Waals surface area (Å²) in [6.07, 6.45) is 1.74. The van der Waals surface area contributed by atoms with E-state index >= 15 is 0 Å². The maximum absolute atomic E-state index is 12.4. The number of benzene rings is 2. The molecular weight excluding hydrogens is 477 g/mol. The third kappa shape index (κ3) is 5.12. The minimum absolute atomic E-state index is 0.263. The number of imide groups is 1. The Bertz CT molecular complexity index is 870. The van der Waals surface area contributed by atoms with Crippen LogP contribution in [0.25, 0.3) is 6.08 Å². The van der Waals surface area contributed by atoms with Crippen LogP contribution in [0, 0.1) is 3.57 Å². The Morgan fingerprint density at radius 1 is 1.15 bits per heavy atom. The molecule has 0 aliphatic carbocycles. The van der Waals surface area contributed by atoms with Crippen LogP contribution in [0.15, 0.2) is 53.4 Å². The van der Waals surface area contributed by atoms with E-state index in [0.29, 0.717) is 18.1 Å². The van der Waals surface area contributed by atoms with E-state index in [0.717, 1.165) is 32.2 Å². The Hall–Kier alpha value is -1.84. The molecule has 7 heteroatoms. The van der Waals surface area contributed by atoms with E-state index in [9.17, 15) is 9.59 Å². The fourth-order valence-electron chi connectivity index (χ4n) is 2.49. The lowest BCUT2D eigenvalue weighted by atomic mass is 10.2. The van der Waals surface area contributed by atoms with E-state index < -0.39 is 0 Å². The zero-order chi connectivity index (χ0) is 19.2. The number of amides is 2. The molecule has 2 amide bonds. The van der Waals surface area contributed by atoms with Crippen LogP contribution in [0.4, 0.5) is 4.79 Å². The Balaban J connectivity index is 1.69. The Kier molecular flexibility index (Phi) is 6.92. The lowest BCUT2D eigenvalue weighted by Gasteiger charge is -2.11. The van der Waals surface area contributed by atoms with Crippen LogP contribution in [0.3, 0.4) is 0 Å². The van der Waals surface area contributed by atoms with Crippen LogP contribution in [0.1, 0.15) is 11.1 Å². The van der Waals surface area contributed by atoms with Crippen LogP contribution in [0.5, 0.6) is 5.75 Å². The molecule has 5 nitrogen and oxygen atoms in total. The maximum Gasteiger partial charge on any atom is 0.293 e. The van der Waals surface area contributed by atoms with Gasteiger partial charge in [-0.2, -0.15) is 0 Å². The van der Waals surface area contributed by atoms with Gasteiger partial charge in [-0.1, -0.05) is 36.4 Å². The van der Waals surface area contributed by atoms with Gasteiger partial charge in [0, 0.05) is 7.11 Å². The molecule has 1 heterocycles. The molecule has 0 atom stereocenters. The SMILES string of the molecule is COCCN1C(=O)S/C(=C/c2ccc(OCc3ccccc3)c(I)c2)C1=O. The highest BCUT2D eigenvalue weighted by Gasteiger charge is 2.34. The first kappa shape index (κ1) is 19.9. The molecule has 0 N–H and O–H groups in total. The Morgan fingerprint density at radius 3 is 2.63 bits per heavy atom. The average molecular weight is 495 g/mol. The van der Waals surface area contributed by atoms with Gasteiger partial charge in [0.2, 0.25) is 0 Å². The van der Waals surface area contributed by atoms with E-state index in [4.69, 9.17) is 9.47 Å². The molecule has 1 aliphatic rings. The van der Waals surface area contributed by atoms with Gasteiger partial charge in [0.25, 0.3) is 11.1 Å². The summed E-state index contributed by atoms with van der Waals surface area (Å²) in [6.45, 7) is 1.09. The van der Waals surface area contributed by atoms with Crippen molar-refractivity contribution in [1.82, 2.24) is 4.90 Å². The molecule has 0 unspecified atom stereocenters. The largest absolute Gasteiger partial charge is 0.488 e. The van der Waals surface area contributed by atoms with Crippen molar-refractivity contribution in [3.8, 4) is 5.75 Å². The molecule has 27 heavy (non-hydrogen) atoms. The van der Waals surface area contributed by atoms with Crippen molar-refractivity contribution in [2.24, 2.45) is 0 Å². The zero-order valence-electron chi connectivity index (χ0n) is 14.7. The number of hydrogen-bond acceptors (Lipinski definition) is 5. The number of methoxy groups -OCH3 is 1. The molecule has 1 aliphatic heterocycles. The summed E-state index contributed by atoms with van der Waals surface area (Å²) in [6, 6.07) is 15.7. The molecule has 140 valence electrons. The summed E-state index contributed by atoms with van der Waals surface area (Å²) in [5.41, 5.74) is 1.95. The second-order valence-corrected chi connectivity index (χ2v) is 7.95. The molecule has 2 aromatic carbocycles. The Labute approximate surface area is 175 Å². The standard InChI is InChI=1S/C20H18INO4S/c1-25-10-9-22-19(23)18(27-20(22)24)12-15-7-8-17(16(21)11-15)26-13-14-5-3-2-4-6-14/h2-8,11-12H,9-10,13H2,1H3/b18-12+. The van der Waals surface area contributed by atoms with E-state index in [1.807, 2.05) is 48.5 Å². The molecule has 0 bridgehead atoms. The van der Waals surface area contributed by atoms with E-state index in [-0.39, 0.29) is 17.7 Å². The molecule has 2 aromatic rings. The quantitative estimate of drug-likeness (QED) is 0.417. The maximum atomic E-state index is 12.4. The fraction of sp³-hybridized carbons (Fsp3) is 0.200. The number of thioether (sulfide) groups is 1. The molecule has 0 saturated carbocycles. The first-order valence-electron chi connectivity index (χ1n) is 8.29. The highest BCUT2D eigenvalue weighted by atomic mass is 127. The van der Waals surface area contributed by atoms with E-state index in [1.165, 1.54) is 12.0 Å². The number of carbonyl (C=O) groups is 2. The van der Waals surface area contributed by atoms with Crippen LogP contribution >= 0.6 is 34.4 Å². The van der Waals surface area contributed by atoms with Gasteiger partial charge in [-0.05, 0) is 63.7 Å². The van der Waals surface area contributed by atoms with Crippen LogP contribution in [0.2, 0.25) is 0 Å². The van der Waals surface area contributed by atoms with Crippen molar-refractivity contribution < 1.29 is 19.1 Å². The average Bonchev–Trinajstić information content (AvgIpc) is 2.93. The van der Waals surface area contributed by atoms with Gasteiger partial charge in [0.1, 0.15) is 12.4 Å². The summed E-state index contributed by atoms with van der Waals surface area (Å²) < 4.78 is 11.8. The van der Waals surface area contributed by atoms with Gasteiger partial charge in [-0.3, -0.25) is 14.5 Å². The summed E-state index contributed by atoms with van der Waals surface area (Å²) in [5.74, 6) is 0.506. The number of ether oxygens (including phenoxy) is 2. The topological polar surface area (TPSA) is 55.8 Å². The van der Waals surface area contributed by atoms with Crippen molar-refractivity contribution in [3.05, 3.63) is 68.1 Å². The van der Waals surface area contributed by atoms with E-state index in [2.05, 4.69) is 22.6 Å². The lowest BCUT2D eigenvalue weighted by molar-refractivity contribution is -0.123. The van der Waals surface area contributed by atoms with Crippen LogP contribution < -0.4 is 4.74 Å². The summed E-state index contributed by atoms with van der Waals surface area (Å²) in [5, 5.41) is -0.263.